The highest BCUT2D eigenvalue weighted by Gasteiger charge is 2.26. The quantitative estimate of drug-likeness (QED) is 0.397. The highest BCUT2D eigenvalue weighted by molar-refractivity contribution is 5.91. The maximum atomic E-state index is 12.1. The molecule has 0 saturated heterocycles. The van der Waals surface area contributed by atoms with E-state index in [1.165, 1.54) is 18.2 Å². The lowest BCUT2D eigenvalue weighted by Gasteiger charge is -2.28. The maximum absolute atomic E-state index is 12.1. The summed E-state index contributed by atoms with van der Waals surface area (Å²) in [4.78, 5) is 22.3. The molecule has 6 nitrogen and oxygen atoms in total. The van der Waals surface area contributed by atoms with Crippen LogP contribution in [-0.2, 0) is 4.74 Å². The number of nitro groups is 1. The number of nitrogens with two attached hydrogens (primary N) is 1. The molecule has 1 fully saturated rings. The summed E-state index contributed by atoms with van der Waals surface area (Å²) in [7, 11) is 0. The molecule has 2 atom stereocenters. The van der Waals surface area contributed by atoms with E-state index < -0.39 is 10.9 Å². The van der Waals surface area contributed by atoms with Crippen molar-refractivity contribution in [2.75, 3.05) is 5.73 Å². The van der Waals surface area contributed by atoms with Crippen molar-refractivity contribution in [2.24, 2.45) is 5.92 Å². The van der Waals surface area contributed by atoms with Gasteiger partial charge in [-0.25, -0.2) is 4.79 Å². The molecule has 20 heavy (non-hydrogen) atoms. The summed E-state index contributed by atoms with van der Waals surface area (Å²) >= 11 is 0. The molecule has 0 amide bonds. The Morgan fingerprint density at radius 1 is 1.40 bits per heavy atom. The van der Waals surface area contributed by atoms with Crippen LogP contribution in [0, 0.1) is 16.0 Å². The fraction of sp³-hybridized carbons (Fsp3) is 0.500. The lowest BCUT2D eigenvalue weighted by molar-refractivity contribution is -0.383. The molecule has 1 aromatic rings. The predicted molar refractivity (Wildman–Crippen MR) is 74.3 cm³/mol. The zero-order valence-electron chi connectivity index (χ0n) is 11.4. The molecule has 2 rings (SSSR count). The number of rotatable bonds is 3. The second kappa shape index (κ2) is 5.90. The highest BCUT2D eigenvalue weighted by atomic mass is 16.6. The van der Waals surface area contributed by atoms with Gasteiger partial charge >= 0.3 is 5.97 Å². The lowest BCUT2D eigenvalue weighted by Crippen LogP contribution is -2.28. The minimum Gasteiger partial charge on any atom is -0.458 e. The first-order chi connectivity index (χ1) is 9.49. The van der Waals surface area contributed by atoms with Crippen LogP contribution >= 0.6 is 0 Å². The van der Waals surface area contributed by atoms with Gasteiger partial charge in [-0.05, 0) is 37.3 Å². The maximum Gasteiger partial charge on any atom is 0.338 e. The number of benzene rings is 1. The second-order valence-corrected chi connectivity index (χ2v) is 5.24. The molecule has 2 N–H and O–H groups in total. The summed E-state index contributed by atoms with van der Waals surface area (Å²) in [6.07, 6.45) is 3.99. The van der Waals surface area contributed by atoms with Gasteiger partial charge in [0.1, 0.15) is 11.8 Å². The van der Waals surface area contributed by atoms with Crippen molar-refractivity contribution in [1.29, 1.82) is 0 Å². The van der Waals surface area contributed by atoms with Crippen LogP contribution in [0.1, 0.15) is 43.0 Å². The molecule has 0 radical (unpaired) electrons. The molecule has 2 unspecified atom stereocenters. The van der Waals surface area contributed by atoms with E-state index in [2.05, 4.69) is 6.92 Å². The first kappa shape index (κ1) is 14.3. The zero-order valence-corrected chi connectivity index (χ0v) is 11.4. The van der Waals surface area contributed by atoms with E-state index in [4.69, 9.17) is 10.5 Å². The molecule has 108 valence electrons. The van der Waals surface area contributed by atoms with Crippen molar-refractivity contribution in [3.8, 4) is 0 Å². The Labute approximate surface area is 117 Å². The number of nitrogen functional groups attached to an aromatic ring is 1. The van der Waals surface area contributed by atoms with Gasteiger partial charge in [-0.15, -0.1) is 0 Å². The van der Waals surface area contributed by atoms with Crippen molar-refractivity contribution < 1.29 is 14.5 Å². The Morgan fingerprint density at radius 3 is 2.75 bits per heavy atom. The van der Waals surface area contributed by atoms with Gasteiger partial charge in [-0.3, -0.25) is 10.1 Å². The SMILES string of the molecule is CC1CCCCC1OC(=O)c1ccc(N)c([N+](=O)[O-])c1. The molecule has 1 saturated carbocycles. The van der Waals surface area contributed by atoms with Crippen molar-refractivity contribution in [3.63, 3.8) is 0 Å². The summed E-state index contributed by atoms with van der Waals surface area (Å²) < 4.78 is 5.46. The summed E-state index contributed by atoms with van der Waals surface area (Å²) in [6.45, 7) is 2.06. The molecule has 1 aliphatic rings. The molecule has 1 aliphatic carbocycles. The Morgan fingerprint density at radius 2 is 2.10 bits per heavy atom. The molecule has 0 heterocycles. The predicted octanol–water partition coefficient (Wildman–Crippen LogP) is 2.91. The Hall–Kier alpha value is -2.11. The van der Waals surface area contributed by atoms with E-state index in [0.717, 1.165) is 25.7 Å². The highest BCUT2D eigenvalue weighted by Crippen LogP contribution is 2.28. The number of esters is 1. The van der Waals surface area contributed by atoms with Crippen LogP contribution in [0.3, 0.4) is 0 Å². The van der Waals surface area contributed by atoms with E-state index >= 15 is 0 Å². The van der Waals surface area contributed by atoms with E-state index in [0.29, 0.717) is 5.92 Å². The third-order valence-electron chi connectivity index (χ3n) is 3.75. The van der Waals surface area contributed by atoms with Crippen LogP contribution in [0.2, 0.25) is 0 Å². The molecule has 1 aromatic carbocycles. The van der Waals surface area contributed by atoms with Crippen LogP contribution in [0.25, 0.3) is 0 Å². The van der Waals surface area contributed by atoms with E-state index in [1.807, 2.05) is 0 Å². The topological polar surface area (TPSA) is 95.5 Å². The fourth-order valence-corrected chi connectivity index (χ4v) is 2.49. The number of hydrogen-bond donors (Lipinski definition) is 1. The lowest BCUT2D eigenvalue weighted by atomic mass is 9.88. The smallest absolute Gasteiger partial charge is 0.338 e. The minimum absolute atomic E-state index is 0.0394. The van der Waals surface area contributed by atoms with Crippen LogP contribution in [0.4, 0.5) is 11.4 Å². The first-order valence-electron chi connectivity index (χ1n) is 6.74. The normalized spacial score (nSPS) is 22.2. The summed E-state index contributed by atoms with van der Waals surface area (Å²) in [6, 6.07) is 3.99. The molecule has 6 heteroatoms. The number of nitro benzene ring substituents is 1. The number of nitrogens with zero attached hydrogens (tertiary/aromatic N) is 1. The van der Waals surface area contributed by atoms with Gasteiger partial charge in [0.05, 0.1) is 10.5 Å². The van der Waals surface area contributed by atoms with Crippen LogP contribution < -0.4 is 5.73 Å². The van der Waals surface area contributed by atoms with Gasteiger partial charge in [0.15, 0.2) is 0 Å². The largest absolute Gasteiger partial charge is 0.458 e. The molecular formula is C14H18N2O4. The third-order valence-corrected chi connectivity index (χ3v) is 3.75. The Bertz CT molecular complexity index is 530. The van der Waals surface area contributed by atoms with Gasteiger partial charge in [-0.1, -0.05) is 13.3 Å². The third kappa shape index (κ3) is 3.07. The summed E-state index contributed by atoms with van der Waals surface area (Å²) in [5.41, 5.74) is 5.45. The van der Waals surface area contributed by atoms with Crippen molar-refractivity contribution >= 4 is 17.3 Å². The number of ether oxygens (including phenoxy) is 1. The Kier molecular flexibility index (Phi) is 4.22. The van der Waals surface area contributed by atoms with Gasteiger partial charge in [-0.2, -0.15) is 0 Å². The van der Waals surface area contributed by atoms with Gasteiger partial charge in [0.25, 0.3) is 5.69 Å². The average Bonchev–Trinajstić information content (AvgIpc) is 2.41. The van der Waals surface area contributed by atoms with Crippen LogP contribution in [-0.4, -0.2) is 17.0 Å². The molecule has 0 aromatic heterocycles. The van der Waals surface area contributed by atoms with Gasteiger partial charge < -0.3 is 10.5 Å². The van der Waals surface area contributed by atoms with E-state index in [1.54, 1.807) is 0 Å². The van der Waals surface area contributed by atoms with Gasteiger partial charge in [0.2, 0.25) is 0 Å². The zero-order chi connectivity index (χ0) is 14.7. The average molecular weight is 278 g/mol. The van der Waals surface area contributed by atoms with Gasteiger partial charge in [0, 0.05) is 6.07 Å². The van der Waals surface area contributed by atoms with Crippen molar-refractivity contribution in [2.45, 2.75) is 38.7 Å². The molecule has 0 spiro atoms. The number of carbonyl (C=O) groups excluding carboxylic acids is 1. The van der Waals surface area contributed by atoms with Crippen molar-refractivity contribution in [3.05, 3.63) is 33.9 Å². The molecule has 0 bridgehead atoms. The molecular weight excluding hydrogens is 260 g/mol. The summed E-state index contributed by atoms with van der Waals surface area (Å²) in [5.74, 6) is -0.191. The number of hydrogen-bond acceptors (Lipinski definition) is 5. The van der Waals surface area contributed by atoms with E-state index in [-0.39, 0.29) is 23.0 Å². The summed E-state index contributed by atoms with van der Waals surface area (Å²) in [5, 5.41) is 10.8. The Balaban J connectivity index is 2.13. The van der Waals surface area contributed by atoms with Crippen LogP contribution in [0.5, 0.6) is 0 Å². The standard InChI is InChI=1S/C14H18N2O4/c1-9-4-2-3-5-13(9)20-14(17)10-6-7-11(15)12(8-10)16(18)19/h6-9,13H,2-5,15H2,1H3. The van der Waals surface area contributed by atoms with Crippen molar-refractivity contribution in [1.82, 2.24) is 0 Å². The monoisotopic (exact) mass is 278 g/mol. The fourth-order valence-electron chi connectivity index (χ4n) is 2.49. The number of anilines is 1. The minimum atomic E-state index is -0.602. The van der Waals surface area contributed by atoms with Crippen LogP contribution in [0.15, 0.2) is 18.2 Å². The second-order valence-electron chi connectivity index (χ2n) is 5.24. The van der Waals surface area contributed by atoms with E-state index in [9.17, 15) is 14.9 Å². The first-order valence-corrected chi connectivity index (χ1v) is 6.74. The number of carbonyl (C=O) groups is 1. The molecule has 0 aliphatic heterocycles.